The van der Waals surface area contributed by atoms with E-state index in [-0.39, 0.29) is 37.1 Å². The molecule has 0 radical (unpaired) electrons. The second kappa shape index (κ2) is 7.93. The number of carbonyl (C=O) groups excluding carboxylic acids is 3. The lowest BCUT2D eigenvalue weighted by Crippen LogP contribution is -2.38. The van der Waals surface area contributed by atoms with Gasteiger partial charge >= 0.3 is 0 Å². The monoisotopic (exact) mass is 351 g/mol. The first-order chi connectivity index (χ1) is 12.5. The number of hydrogen-bond donors (Lipinski definition) is 2. The topological polar surface area (TPSA) is 92.5 Å². The van der Waals surface area contributed by atoms with Crippen molar-refractivity contribution in [3.05, 3.63) is 65.7 Å². The van der Waals surface area contributed by atoms with Gasteiger partial charge in [0.2, 0.25) is 17.7 Å². The van der Waals surface area contributed by atoms with E-state index in [4.69, 9.17) is 5.73 Å². The van der Waals surface area contributed by atoms with Crippen LogP contribution in [-0.2, 0) is 27.3 Å². The lowest BCUT2D eigenvalue weighted by molar-refractivity contribution is -0.139. The third-order valence-corrected chi connectivity index (χ3v) is 4.39. The van der Waals surface area contributed by atoms with E-state index in [1.54, 1.807) is 24.3 Å². The Balaban J connectivity index is 1.68. The fourth-order valence-electron chi connectivity index (χ4n) is 2.94. The standard InChI is InChI=1S/C20H21N3O3/c21-16(12-14-6-2-1-3-7-14)20(26)22-17-9-5-4-8-15(17)13-23-18(24)10-11-19(23)25/h1-9,16H,10-13,21H2,(H,22,26)/t16-/m0/s1. The van der Waals surface area contributed by atoms with E-state index < -0.39 is 6.04 Å². The van der Waals surface area contributed by atoms with Crippen molar-refractivity contribution in [1.29, 1.82) is 0 Å². The Morgan fingerprint density at radius 3 is 2.31 bits per heavy atom. The molecule has 3 N–H and O–H groups in total. The van der Waals surface area contributed by atoms with Crippen LogP contribution in [0.4, 0.5) is 5.69 Å². The molecule has 2 aromatic carbocycles. The van der Waals surface area contributed by atoms with Crippen LogP contribution >= 0.6 is 0 Å². The fraction of sp³-hybridized carbons (Fsp3) is 0.250. The lowest BCUT2D eigenvalue weighted by Gasteiger charge is -2.18. The van der Waals surface area contributed by atoms with E-state index >= 15 is 0 Å². The molecule has 1 saturated heterocycles. The fourth-order valence-corrected chi connectivity index (χ4v) is 2.94. The van der Waals surface area contributed by atoms with Crippen LogP contribution in [-0.4, -0.2) is 28.7 Å². The van der Waals surface area contributed by atoms with Crippen molar-refractivity contribution < 1.29 is 14.4 Å². The SMILES string of the molecule is N[C@@H](Cc1ccccc1)C(=O)Nc1ccccc1CN1C(=O)CCC1=O. The van der Waals surface area contributed by atoms with Crippen molar-refractivity contribution in [2.24, 2.45) is 5.73 Å². The lowest BCUT2D eigenvalue weighted by atomic mass is 10.1. The number of imide groups is 1. The molecule has 6 heteroatoms. The molecule has 1 fully saturated rings. The van der Waals surface area contributed by atoms with Crippen LogP contribution in [0.1, 0.15) is 24.0 Å². The summed E-state index contributed by atoms with van der Waals surface area (Å²) in [5.41, 5.74) is 8.28. The number of nitrogens with two attached hydrogens (primary N) is 1. The van der Waals surface area contributed by atoms with Crippen molar-refractivity contribution in [3.8, 4) is 0 Å². The van der Waals surface area contributed by atoms with Gasteiger partial charge in [0.15, 0.2) is 0 Å². The molecule has 134 valence electrons. The summed E-state index contributed by atoms with van der Waals surface area (Å²) in [6.07, 6.45) is 0.919. The molecule has 3 rings (SSSR count). The van der Waals surface area contributed by atoms with Gasteiger partial charge in [0.05, 0.1) is 12.6 Å². The molecule has 1 heterocycles. The minimum absolute atomic E-state index is 0.155. The maximum atomic E-state index is 12.5. The Labute approximate surface area is 152 Å². The summed E-state index contributed by atoms with van der Waals surface area (Å²) < 4.78 is 0. The highest BCUT2D eigenvalue weighted by Crippen LogP contribution is 2.21. The van der Waals surface area contributed by atoms with Gasteiger partial charge < -0.3 is 11.1 Å². The number of carbonyl (C=O) groups is 3. The summed E-state index contributed by atoms with van der Waals surface area (Å²) in [5, 5.41) is 2.82. The van der Waals surface area contributed by atoms with E-state index in [0.29, 0.717) is 17.7 Å². The Hall–Kier alpha value is -2.99. The molecule has 0 spiro atoms. The smallest absolute Gasteiger partial charge is 0.241 e. The van der Waals surface area contributed by atoms with Gasteiger partial charge in [-0.2, -0.15) is 0 Å². The zero-order valence-corrected chi connectivity index (χ0v) is 14.4. The van der Waals surface area contributed by atoms with Crippen LogP contribution in [0.25, 0.3) is 0 Å². The summed E-state index contributed by atoms with van der Waals surface area (Å²) in [4.78, 5) is 37.3. The van der Waals surface area contributed by atoms with E-state index in [0.717, 1.165) is 5.56 Å². The first-order valence-electron chi connectivity index (χ1n) is 8.56. The van der Waals surface area contributed by atoms with Crippen LogP contribution in [0.2, 0.25) is 0 Å². The predicted molar refractivity (Wildman–Crippen MR) is 98.0 cm³/mol. The average molecular weight is 351 g/mol. The molecule has 0 aromatic heterocycles. The van der Waals surface area contributed by atoms with Gasteiger partial charge in [0, 0.05) is 18.5 Å². The largest absolute Gasteiger partial charge is 0.324 e. The summed E-state index contributed by atoms with van der Waals surface area (Å²) >= 11 is 0. The Morgan fingerprint density at radius 1 is 1.00 bits per heavy atom. The van der Waals surface area contributed by atoms with Crippen molar-refractivity contribution in [3.63, 3.8) is 0 Å². The number of para-hydroxylation sites is 1. The summed E-state index contributed by atoms with van der Waals surface area (Å²) in [6.45, 7) is 0.155. The minimum atomic E-state index is -0.694. The van der Waals surface area contributed by atoms with Gasteiger partial charge in [-0.05, 0) is 23.6 Å². The Kier molecular flexibility index (Phi) is 5.43. The van der Waals surface area contributed by atoms with E-state index in [1.165, 1.54) is 4.90 Å². The quantitative estimate of drug-likeness (QED) is 0.777. The molecule has 1 aliphatic rings. The van der Waals surface area contributed by atoms with E-state index in [2.05, 4.69) is 5.32 Å². The number of amides is 3. The zero-order valence-electron chi connectivity index (χ0n) is 14.4. The minimum Gasteiger partial charge on any atom is -0.324 e. The summed E-state index contributed by atoms with van der Waals surface area (Å²) in [5.74, 6) is -0.672. The number of hydrogen-bond acceptors (Lipinski definition) is 4. The highest BCUT2D eigenvalue weighted by atomic mass is 16.2. The number of nitrogens with zero attached hydrogens (tertiary/aromatic N) is 1. The highest BCUT2D eigenvalue weighted by Gasteiger charge is 2.29. The second-order valence-electron chi connectivity index (χ2n) is 6.32. The van der Waals surface area contributed by atoms with Crippen LogP contribution in [0.15, 0.2) is 54.6 Å². The molecule has 1 aliphatic heterocycles. The number of benzene rings is 2. The van der Waals surface area contributed by atoms with Crippen LogP contribution in [0, 0.1) is 0 Å². The molecule has 6 nitrogen and oxygen atoms in total. The molecule has 3 amide bonds. The van der Waals surface area contributed by atoms with Crippen LogP contribution in [0.3, 0.4) is 0 Å². The van der Waals surface area contributed by atoms with Crippen molar-refractivity contribution >= 4 is 23.4 Å². The molecule has 1 atom stereocenters. The zero-order chi connectivity index (χ0) is 18.5. The molecule has 0 saturated carbocycles. The van der Waals surface area contributed by atoms with Crippen molar-refractivity contribution in [2.75, 3.05) is 5.32 Å². The van der Waals surface area contributed by atoms with Gasteiger partial charge in [0.25, 0.3) is 0 Å². The van der Waals surface area contributed by atoms with Gasteiger partial charge in [-0.3, -0.25) is 19.3 Å². The van der Waals surface area contributed by atoms with E-state index in [1.807, 2.05) is 30.3 Å². The van der Waals surface area contributed by atoms with Gasteiger partial charge in [-0.15, -0.1) is 0 Å². The Bertz CT molecular complexity index is 804. The van der Waals surface area contributed by atoms with Crippen molar-refractivity contribution in [2.45, 2.75) is 31.8 Å². The first-order valence-corrected chi connectivity index (χ1v) is 8.56. The third kappa shape index (κ3) is 4.15. The Morgan fingerprint density at radius 2 is 1.62 bits per heavy atom. The van der Waals surface area contributed by atoms with Crippen molar-refractivity contribution in [1.82, 2.24) is 4.90 Å². The van der Waals surface area contributed by atoms with E-state index in [9.17, 15) is 14.4 Å². The van der Waals surface area contributed by atoms with Gasteiger partial charge in [0.1, 0.15) is 0 Å². The number of nitrogens with one attached hydrogen (secondary N) is 1. The molecule has 0 bridgehead atoms. The second-order valence-corrected chi connectivity index (χ2v) is 6.32. The van der Waals surface area contributed by atoms with Crippen LogP contribution < -0.4 is 11.1 Å². The predicted octanol–water partition coefficient (Wildman–Crippen LogP) is 1.84. The molecule has 2 aromatic rings. The third-order valence-electron chi connectivity index (χ3n) is 4.39. The maximum absolute atomic E-state index is 12.5. The normalized spacial score (nSPS) is 15.2. The summed E-state index contributed by atoms with van der Waals surface area (Å²) in [6, 6.07) is 16.0. The molecule has 0 aliphatic carbocycles. The molecule has 26 heavy (non-hydrogen) atoms. The first kappa shape index (κ1) is 17.8. The highest BCUT2D eigenvalue weighted by molar-refractivity contribution is 6.02. The molecular weight excluding hydrogens is 330 g/mol. The molecular formula is C20H21N3O3. The van der Waals surface area contributed by atoms with Crippen LogP contribution in [0.5, 0.6) is 0 Å². The maximum Gasteiger partial charge on any atom is 0.241 e. The number of likely N-dealkylation sites (tertiary alicyclic amines) is 1. The summed E-state index contributed by atoms with van der Waals surface area (Å²) in [7, 11) is 0. The molecule has 0 unspecified atom stereocenters. The number of rotatable bonds is 6. The number of anilines is 1. The average Bonchev–Trinajstić information content (AvgIpc) is 2.96. The van der Waals surface area contributed by atoms with Gasteiger partial charge in [-0.25, -0.2) is 0 Å². The van der Waals surface area contributed by atoms with Gasteiger partial charge in [-0.1, -0.05) is 48.5 Å².